The quantitative estimate of drug-likeness (QED) is 0.797. The van der Waals surface area contributed by atoms with Gasteiger partial charge in [0.1, 0.15) is 0 Å². The highest BCUT2D eigenvalue weighted by Gasteiger charge is 2.25. The predicted octanol–water partition coefficient (Wildman–Crippen LogP) is 2.42. The Labute approximate surface area is 139 Å². The van der Waals surface area contributed by atoms with Gasteiger partial charge in [-0.2, -0.15) is 0 Å². The maximum atomic E-state index is 13.8. The van der Waals surface area contributed by atoms with E-state index in [1.807, 2.05) is 6.92 Å². The molecule has 0 aromatic heterocycles. The van der Waals surface area contributed by atoms with Gasteiger partial charge >= 0.3 is 5.97 Å². The maximum absolute atomic E-state index is 13.8. The number of halogens is 1. The summed E-state index contributed by atoms with van der Waals surface area (Å²) in [7, 11) is 1.32. The topological polar surface area (TPSA) is 84.9 Å². The van der Waals surface area contributed by atoms with Gasteiger partial charge in [0.25, 0.3) is 0 Å². The number of aliphatic carboxylic acids is 1. The Morgan fingerprint density at radius 1 is 1.46 bits per heavy atom. The van der Waals surface area contributed by atoms with E-state index in [0.29, 0.717) is 6.42 Å². The average molecular weight is 339 g/mol. The van der Waals surface area contributed by atoms with Crippen molar-refractivity contribution < 1.29 is 28.6 Å². The summed E-state index contributed by atoms with van der Waals surface area (Å²) in [6.45, 7) is 1.98. The molecule has 0 aliphatic carbocycles. The molecular weight excluding hydrogens is 317 g/mol. The normalized spacial score (nSPS) is 21.3. The summed E-state index contributed by atoms with van der Waals surface area (Å²) < 4.78 is 24.2. The SMILES string of the molecule is COc1ccc(C(NC(=O)CCC2CCC(C)O2)C(=O)O)cc1F. The molecule has 0 saturated carbocycles. The predicted molar refractivity (Wildman–Crippen MR) is 84.3 cm³/mol. The van der Waals surface area contributed by atoms with Crippen LogP contribution in [0.25, 0.3) is 0 Å². The summed E-state index contributed by atoms with van der Waals surface area (Å²) in [6.07, 6.45) is 2.81. The number of carbonyl (C=O) groups is 2. The van der Waals surface area contributed by atoms with Crippen LogP contribution in [0.3, 0.4) is 0 Å². The fourth-order valence-corrected chi connectivity index (χ4v) is 2.77. The molecule has 3 unspecified atom stereocenters. The lowest BCUT2D eigenvalue weighted by atomic mass is 10.1. The molecule has 1 aromatic carbocycles. The molecule has 1 heterocycles. The highest BCUT2D eigenvalue weighted by molar-refractivity contribution is 5.84. The number of methoxy groups -OCH3 is 1. The molecule has 0 radical (unpaired) electrons. The molecule has 1 aromatic rings. The summed E-state index contributed by atoms with van der Waals surface area (Å²) in [5.74, 6) is -2.31. The third kappa shape index (κ3) is 4.67. The standard InChI is InChI=1S/C17H22FNO5/c1-10-3-5-12(24-10)6-8-15(20)19-16(17(21)22)11-4-7-14(23-2)13(18)9-11/h4,7,9-10,12,16H,3,5-6,8H2,1-2H3,(H,19,20)(H,21,22). The van der Waals surface area contributed by atoms with Crippen molar-refractivity contribution in [2.75, 3.05) is 7.11 Å². The van der Waals surface area contributed by atoms with Gasteiger partial charge in [0, 0.05) is 6.42 Å². The smallest absolute Gasteiger partial charge is 0.330 e. The first kappa shape index (κ1) is 18.2. The number of hydrogen-bond acceptors (Lipinski definition) is 4. The molecule has 2 N–H and O–H groups in total. The molecule has 1 amide bonds. The molecule has 0 spiro atoms. The van der Waals surface area contributed by atoms with Crippen molar-refractivity contribution in [2.45, 2.75) is 50.9 Å². The molecule has 2 rings (SSSR count). The van der Waals surface area contributed by atoms with Crippen molar-refractivity contribution in [1.82, 2.24) is 5.32 Å². The lowest BCUT2D eigenvalue weighted by molar-refractivity contribution is -0.142. The summed E-state index contributed by atoms with van der Waals surface area (Å²) in [5.41, 5.74) is 0.153. The van der Waals surface area contributed by atoms with E-state index < -0.39 is 23.7 Å². The van der Waals surface area contributed by atoms with E-state index in [1.54, 1.807) is 0 Å². The van der Waals surface area contributed by atoms with Gasteiger partial charge in [0.2, 0.25) is 5.91 Å². The molecule has 24 heavy (non-hydrogen) atoms. The molecule has 1 aliphatic heterocycles. The van der Waals surface area contributed by atoms with Crippen LogP contribution in [0.15, 0.2) is 18.2 Å². The second-order valence-electron chi connectivity index (χ2n) is 5.92. The van der Waals surface area contributed by atoms with Crippen LogP contribution in [0, 0.1) is 5.82 Å². The van der Waals surface area contributed by atoms with Gasteiger partial charge < -0.3 is 19.9 Å². The summed E-state index contributed by atoms with van der Waals surface area (Å²) in [4.78, 5) is 23.4. The minimum Gasteiger partial charge on any atom is -0.494 e. The van der Waals surface area contributed by atoms with Gasteiger partial charge in [-0.3, -0.25) is 4.79 Å². The fourth-order valence-electron chi connectivity index (χ4n) is 2.77. The summed E-state index contributed by atoms with van der Waals surface area (Å²) >= 11 is 0. The van der Waals surface area contributed by atoms with Crippen LogP contribution in [0.1, 0.15) is 44.2 Å². The van der Waals surface area contributed by atoms with Crippen molar-refractivity contribution in [3.8, 4) is 5.75 Å². The van der Waals surface area contributed by atoms with Crippen LogP contribution in [0.4, 0.5) is 4.39 Å². The second-order valence-corrected chi connectivity index (χ2v) is 5.92. The molecule has 1 saturated heterocycles. The van der Waals surface area contributed by atoms with Gasteiger partial charge in [0.05, 0.1) is 19.3 Å². The number of carboxylic acid groups (broad SMARTS) is 1. The Kier molecular flexibility index (Phi) is 6.14. The minimum atomic E-state index is -1.30. The van der Waals surface area contributed by atoms with Gasteiger partial charge in [-0.05, 0) is 43.9 Å². The first-order valence-electron chi connectivity index (χ1n) is 7.91. The lowest BCUT2D eigenvalue weighted by Crippen LogP contribution is -2.34. The highest BCUT2D eigenvalue weighted by atomic mass is 19.1. The van der Waals surface area contributed by atoms with Crippen LogP contribution in [0.2, 0.25) is 0 Å². The van der Waals surface area contributed by atoms with Crippen molar-refractivity contribution in [1.29, 1.82) is 0 Å². The Hall–Kier alpha value is -2.15. The van der Waals surface area contributed by atoms with Gasteiger partial charge in [-0.25, -0.2) is 9.18 Å². The third-order valence-corrected chi connectivity index (χ3v) is 4.07. The number of rotatable bonds is 7. The Bertz CT molecular complexity index is 607. The third-order valence-electron chi connectivity index (χ3n) is 4.07. The number of hydrogen-bond donors (Lipinski definition) is 2. The fraction of sp³-hybridized carbons (Fsp3) is 0.529. The van der Waals surface area contributed by atoms with E-state index in [1.165, 1.54) is 19.2 Å². The summed E-state index contributed by atoms with van der Waals surface area (Å²) in [6, 6.07) is 2.50. The number of nitrogens with one attached hydrogen (secondary N) is 1. The van der Waals surface area contributed by atoms with Crippen LogP contribution in [0.5, 0.6) is 5.75 Å². The van der Waals surface area contributed by atoms with Crippen LogP contribution < -0.4 is 10.1 Å². The van der Waals surface area contributed by atoms with E-state index in [0.717, 1.165) is 18.9 Å². The van der Waals surface area contributed by atoms with E-state index in [-0.39, 0.29) is 29.9 Å². The van der Waals surface area contributed by atoms with E-state index >= 15 is 0 Å². The number of benzene rings is 1. The first-order chi connectivity index (χ1) is 11.4. The molecule has 0 bridgehead atoms. The van der Waals surface area contributed by atoms with Crippen molar-refractivity contribution in [2.24, 2.45) is 0 Å². The van der Waals surface area contributed by atoms with E-state index in [2.05, 4.69) is 5.32 Å². The monoisotopic (exact) mass is 339 g/mol. The number of ether oxygens (including phenoxy) is 2. The van der Waals surface area contributed by atoms with Gasteiger partial charge in [-0.15, -0.1) is 0 Å². The largest absolute Gasteiger partial charge is 0.494 e. The zero-order chi connectivity index (χ0) is 17.7. The molecule has 132 valence electrons. The average Bonchev–Trinajstić information content (AvgIpc) is 2.95. The minimum absolute atomic E-state index is 0.0155. The molecule has 6 nitrogen and oxygen atoms in total. The number of carboxylic acids is 1. The lowest BCUT2D eigenvalue weighted by Gasteiger charge is -2.17. The van der Waals surface area contributed by atoms with Crippen molar-refractivity contribution >= 4 is 11.9 Å². The zero-order valence-corrected chi connectivity index (χ0v) is 13.8. The first-order valence-corrected chi connectivity index (χ1v) is 7.91. The van der Waals surface area contributed by atoms with Gasteiger partial charge in [0.15, 0.2) is 17.6 Å². The van der Waals surface area contributed by atoms with Crippen LogP contribution in [-0.4, -0.2) is 36.3 Å². The van der Waals surface area contributed by atoms with Crippen LogP contribution in [-0.2, 0) is 14.3 Å². The van der Waals surface area contributed by atoms with E-state index in [4.69, 9.17) is 9.47 Å². The molecule has 7 heteroatoms. The van der Waals surface area contributed by atoms with Gasteiger partial charge in [-0.1, -0.05) is 6.07 Å². The number of amides is 1. The second kappa shape index (κ2) is 8.10. The molecule has 3 atom stereocenters. The zero-order valence-electron chi connectivity index (χ0n) is 13.8. The number of carbonyl (C=O) groups excluding carboxylic acids is 1. The van der Waals surface area contributed by atoms with Crippen molar-refractivity contribution in [3.05, 3.63) is 29.6 Å². The molecular formula is C17H22FNO5. The molecule has 1 aliphatic rings. The maximum Gasteiger partial charge on any atom is 0.330 e. The van der Waals surface area contributed by atoms with Crippen LogP contribution >= 0.6 is 0 Å². The Morgan fingerprint density at radius 2 is 2.21 bits per heavy atom. The summed E-state index contributed by atoms with van der Waals surface area (Å²) in [5, 5.41) is 11.7. The van der Waals surface area contributed by atoms with E-state index in [9.17, 15) is 19.1 Å². The Balaban J connectivity index is 1.96. The Morgan fingerprint density at radius 3 is 2.75 bits per heavy atom. The molecule has 1 fully saturated rings. The van der Waals surface area contributed by atoms with Crippen molar-refractivity contribution in [3.63, 3.8) is 0 Å². The highest BCUT2D eigenvalue weighted by Crippen LogP contribution is 2.24.